The molecule has 0 fully saturated rings. The van der Waals surface area contributed by atoms with Crippen molar-refractivity contribution in [2.24, 2.45) is 0 Å². The molecule has 1 aliphatic rings. The minimum absolute atomic E-state index is 0.0715. The van der Waals surface area contributed by atoms with E-state index in [-0.39, 0.29) is 6.79 Å². The molecule has 1 heterocycles. The number of hydrogen-bond donors (Lipinski definition) is 1. The molecule has 1 amide bonds. The highest BCUT2D eigenvalue weighted by Crippen LogP contribution is 2.40. The van der Waals surface area contributed by atoms with E-state index in [0.717, 1.165) is 0 Å². The van der Waals surface area contributed by atoms with E-state index in [1.807, 2.05) is 0 Å². The summed E-state index contributed by atoms with van der Waals surface area (Å²) in [5.41, 5.74) is 0.723. The van der Waals surface area contributed by atoms with E-state index in [9.17, 15) is 4.79 Å². The highest BCUT2D eigenvalue weighted by Gasteiger charge is 2.21. The van der Waals surface area contributed by atoms with Crippen LogP contribution in [0.2, 0.25) is 10.0 Å². The maximum atomic E-state index is 12.5. The van der Waals surface area contributed by atoms with Gasteiger partial charge in [-0.2, -0.15) is 0 Å². The predicted octanol–water partition coefficient (Wildman–Crippen LogP) is 3.99. The standard InChI is InChI=1S/C16H13Cl2NO5/c1-21-12-6-13(22-2)11(5-9(12)17)19-16(20)8-3-10(18)15-14(4-8)23-7-24-15/h3-6H,7H2,1-2H3,(H,19,20). The molecule has 8 heteroatoms. The third kappa shape index (κ3) is 3.02. The fourth-order valence-electron chi connectivity index (χ4n) is 2.25. The van der Waals surface area contributed by atoms with Crippen LogP contribution in [0.15, 0.2) is 24.3 Å². The topological polar surface area (TPSA) is 66.0 Å². The number of carbonyl (C=O) groups is 1. The summed E-state index contributed by atoms with van der Waals surface area (Å²) in [6, 6.07) is 6.19. The van der Waals surface area contributed by atoms with Crippen LogP contribution in [0.1, 0.15) is 10.4 Å². The van der Waals surface area contributed by atoms with E-state index in [4.69, 9.17) is 42.1 Å². The Kier molecular flexibility index (Phi) is 4.59. The van der Waals surface area contributed by atoms with Crippen LogP contribution in [0.3, 0.4) is 0 Å². The van der Waals surface area contributed by atoms with Crippen LogP contribution in [0.25, 0.3) is 0 Å². The molecule has 0 aromatic heterocycles. The lowest BCUT2D eigenvalue weighted by Gasteiger charge is -2.13. The number of methoxy groups -OCH3 is 2. The number of carbonyl (C=O) groups excluding carboxylic acids is 1. The van der Waals surface area contributed by atoms with E-state index < -0.39 is 5.91 Å². The first-order chi connectivity index (χ1) is 11.5. The Balaban J connectivity index is 1.90. The zero-order chi connectivity index (χ0) is 17.3. The summed E-state index contributed by atoms with van der Waals surface area (Å²) < 4.78 is 20.9. The Morgan fingerprint density at radius 1 is 1.04 bits per heavy atom. The summed E-state index contributed by atoms with van der Waals surface area (Å²) in [4.78, 5) is 12.5. The lowest BCUT2D eigenvalue weighted by molar-refractivity contribution is 0.102. The van der Waals surface area contributed by atoms with E-state index in [1.54, 1.807) is 18.2 Å². The monoisotopic (exact) mass is 369 g/mol. The largest absolute Gasteiger partial charge is 0.495 e. The highest BCUT2D eigenvalue weighted by molar-refractivity contribution is 6.33. The van der Waals surface area contributed by atoms with Gasteiger partial charge >= 0.3 is 0 Å². The molecule has 0 saturated heterocycles. The van der Waals surface area contributed by atoms with Crippen molar-refractivity contribution in [1.29, 1.82) is 0 Å². The van der Waals surface area contributed by atoms with Crippen LogP contribution < -0.4 is 24.3 Å². The quantitative estimate of drug-likeness (QED) is 0.882. The first kappa shape index (κ1) is 16.5. The molecule has 0 unspecified atom stereocenters. The molecule has 6 nitrogen and oxygen atoms in total. The Bertz CT molecular complexity index is 810. The van der Waals surface area contributed by atoms with Gasteiger partial charge in [-0.1, -0.05) is 23.2 Å². The second kappa shape index (κ2) is 6.67. The van der Waals surface area contributed by atoms with Crippen LogP contribution in [0, 0.1) is 0 Å². The first-order valence-electron chi connectivity index (χ1n) is 6.85. The van der Waals surface area contributed by atoms with Crippen molar-refractivity contribution in [2.75, 3.05) is 26.3 Å². The zero-order valence-electron chi connectivity index (χ0n) is 12.8. The molecule has 3 rings (SSSR count). The normalized spacial score (nSPS) is 12.0. The van der Waals surface area contributed by atoms with Crippen molar-refractivity contribution in [2.45, 2.75) is 0 Å². The van der Waals surface area contributed by atoms with Gasteiger partial charge in [-0.05, 0) is 18.2 Å². The van der Waals surface area contributed by atoms with E-state index in [0.29, 0.717) is 44.3 Å². The molecule has 2 aromatic rings. The van der Waals surface area contributed by atoms with Gasteiger partial charge in [0.05, 0.1) is 30.0 Å². The third-order valence-electron chi connectivity index (χ3n) is 3.41. The van der Waals surface area contributed by atoms with Crippen molar-refractivity contribution < 1.29 is 23.7 Å². The third-order valence-corrected chi connectivity index (χ3v) is 3.99. The number of nitrogens with one attached hydrogen (secondary N) is 1. The average molecular weight is 370 g/mol. The average Bonchev–Trinajstić information content (AvgIpc) is 3.04. The first-order valence-corrected chi connectivity index (χ1v) is 7.61. The summed E-state index contributed by atoms with van der Waals surface area (Å²) in [6.07, 6.45) is 0. The van der Waals surface area contributed by atoms with Crippen molar-refractivity contribution in [3.05, 3.63) is 39.9 Å². The number of benzene rings is 2. The van der Waals surface area contributed by atoms with Gasteiger partial charge in [-0.25, -0.2) is 0 Å². The molecule has 0 radical (unpaired) electrons. The molecule has 0 saturated carbocycles. The van der Waals surface area contributed by atoms with Crippen molar-refractivity contribution in [1.82, 2.24) is 0 Å². The fourth-order valence-corrected chi connectivity index (χ4v) is 2.76. The van der Waals surface area contributed by atoms with Crippen molar-refractivity contribution >= 4 is 34.8 Å². The van der Waals surface area contributed by atoms with Crippen LogP contribution in [-0.2, 0) is 0 Å². The smallest absolute Gasteiger partial charge is 0.255 e. The number of fused-ring (bicyclic) bond motifs is 1. The maximum Gasteiger partial charge on any atom is 0.255 e. The number of hydrogen-bond acceptors (Lipinski definition) is 5. The molecule has 1 aliphatic heterocycles. The second-order valence-electron chi connectivity index (χ2n) is 4.83. The van der Waals surface area contributed by atoms with Gasteiger partial charge in [0.2, 0.25) is 6.79 Å². The van der Waals surface area contributed by atoms with E-state index >= 15 is 0 Å². The summed E-state index contributed by atoms with van der Waals surface area (Å²) >= 11 is 12.2. The zero-order valence-corrected chi connectivity index (χ0v) is 14.3. The Morgan fingerprint density at radius 3 is 2.50 bits per heavy atom. The molecular formula is C16H13Cl2NO5. The highest BCUT2D eigenvalue weighted by atomic mass is 35.5. The Hall–Kier alpha value is -2.31. The Morgan fingerprint density at radius 2 is 1.79 bits per heavy atom. The van der Waals surface area contributed by atoms with Crippen molar-refractivity contribution in [3.63, 3.8) is 0 Å². The van der Waals surface area contributed by atoms with Gasteiger partial charge in [0, 0.05) is 11.6 Å². The van der Waals surface area contributed by atoms with Crippen LogP contribution in [-0.4, -0.2) is 26.9 Å². The predicted molar refractivity (Wildman–Crippen MR) is 90.1 cm³/mol. The van der Waals surface area contributed by atoms with Crippen LogP contribution in [0.4, 0.5) is 5.69 Å². The number of amides is 1. The molecule has 1 N–H and O–H groups in total. The number of halogens is 2. The van der Waals surface area contributed by atoms with E-state index in [1.165, 1.54) is 20.3 Å². The molecule has 24 heavy (non-hydrogen) atoms. The fraction of sp³-hybridized carbons (Fsp3) is 0.188. The van der Waals surface area contributed by atoms with Gasteiger partial charge in [0.25, 0.3) is 5.91 Å². The molecule has 0 atom stereocenters. The lowest BCUT2D eigenvalue weighted by atomic mass is 10.1. The number of rotatable bonds is 4. The summed E-state index contributed by atoms with van der Waals surface area (Å²) in [7, 11) is 2.98. The van der Waals surface area contributed by atoms with Gasteiger partial charge in [0.1, 0.15) is 11.5 Å². The summed E-state index contributed by atoms with van der Waals surface area (Å²) in [6.45, 7) is 0.0715. The molecule has 0 aliphatic carbocycles. The van der Waals surface area contributed by atoms with Crippen LogP contribution >= 0.6 is 23.2 Å². The minimum atomic E-state index is -0.394. The Labute approximate surface area is 148 Å². The molecular weight excluding hydrogens is 357 g/mol. The summed E-state index contributed by atoms with van der Waals surface area (Å²) in [5.74, 6) is 1.31. The molecule has 126 valence electrons. The van der Waals surface area contributed by atoms with Gasteiger partial charge in [-0.15, -0.1) is 0 Å². The summed E-state index contributed by atoms with van der Waals surface area (Å²) in [5, 5.41) is 3.37. The van der Waals surface area contributed by atoms with Crippen molar-refractivity contribution in [3.8, 4) is 23.0 Å². The SMILES string of the molecule is COc1cc(OC)c(NC(=O)c2cc(Cl)c3c(c2)OCO3)cc1Cl. The minimum Gasteiger partial charge on any atom is -0.495 e. The second-order valence-corrected chi connectivity index (χ2v) is 5.65. The molecule has 2 aromatic carbocycles. The number of anilines is 1. The maximum absolute atomic E-state index is 12.5. The lowest BCUT2D eigenvalue weighted by Crippen LogP contribution is -2.13. The van der Waals surface area contributed by atoms with Gasteiger partial charge in [-0.3, -0.25) is 4.79 Å². The van der Waals surface area contributed by atoms with Gasteiger partial charge in [0.15, 0.2) is 11.5 Å². The molecule has 0 bridgehead atoms. The van der Waals surface area contributed by atoms with Crippen LogP contribution in [0.5, 0.6) is 23.0 Å². The van der Waals surface area contributed by atoms with Gasteiger partial charge < -0.3 is 24.3 Å². The van der Waals surface area contributed by atoms with E-state index in [2.05, 4.69) is 5.32 Å². The number of ether oxygens (including phenoxy) is 4. The molecule has 0 spiro atoms.